The SMILES string of the molecule is Cc1cc(Nc2c(-c3ccc4c(c3)NC(=O)OC4)nc3c(C#N)c[nH]n23)ccc1C(=O)O. The quantitative estimate of drug-likeness (QED) is 0.384. The van der Waals surface area contributed by atoms with Crippen LogP contribution in [0.1, 0.15) is 27.0 Å². The number of nitrogens with zero attached hydrogens (tertiary/aromatic N) is 3. The maximum Gasteiger partial charge on any atom is 0.411 e. The van der Waals surface area contributed by atoms with Gasteiger partial charge in [0.15, 0.2) is 11.5 Å². The van der Waals surface area contributed by atoms with Crippen molar-refractivity contribution in [1.29, 1.82) is 5.26 Å². The number of amides is 1. The Morgan fingerprint density at radius 3 is 2.91 bits per heavy atom. The number of anilines is 3. The number of hydrogen-bond donors (Lipinski definition) is 4. The van der Waals surface area contributed by atoms with Crippen LogP contribution in [0.4, 0.5) is 22.0 Å². The Morgan fingerprint density at radius 1 is 1.31 bits per heavy atom. The average molecular weight is 428 g/mol. The molecule has 10 heteroatoms. The molecule has 0 bridgehead atoms. The molecular formula is C22H16N6O4. The number of ether oxygens (including phenoxy) is 1. The molecule has 0 fully saturated rings. The van der Waals surface area contributed by atoms with Gasteiger partial charge in [0, 0.05) is 23.0 Å². The van der Waals surface area contributed by atoms with E-state index in [9.17, 15) is 20.0 Å². The zero-order valence-corrected chi connectivity index (χ0v) is 16.8. The normalized spacial score (nSPS) is 12.6. The van der Waals surface area contributed by atoms with Gasteiger partial charge >= 0.3 is 12.1 Å². The Labute approximate surface area is 181 Å². The molecule has 10 nitrogen and oxygen atoms in total. The molecule has 1 aliphatic heterocycles. The highest BCUT2D eigenvalue weighted by molar-refractivity contribution is 5.91. The third kappa shape index (κ3) is 3.09. The van der Waals surface area contributed by atoms with Crippen molar-refractivity contribution >= 4 is 34.9 Å². The predicted octanol–water partition coefficient (Wildman–Crippen LogP) is 4.01. The van der Waals surface area contributed by atoms with Crippen LogP contribution in [0, 0.1) is 18.3 Å². The Balaban J connectivity index is 1.63. The summed E-state index contributed by atoms with van der Waals surface area (Å²) in [5.74, 6) is -0.438. The van der Waals surface area contributed by atoms with E-state index < -0.39 is 12.1 Å². The van der Waals surface area contributed by atoms with Crippen molar-refractivity contribution in [1.82, 2.24) is 14.6 Å². The van der Waals surface area contributed by atoms with E-state index in [4.69, 9.17) is 4.74 Å². The van der Waals surface area contributed by atoms with Crippen LogP contribution in [0.3, 0.4) is 0 Å². The lowest BCUT2D eigenvalue weighted by atomic mass is 10.1. The number of fused-ring (bicyclic) bond motifs is 2. The highest BCUT2D eigenvalue weighted by Gasteiger charge is 2.22. The van der Waals surface area contributed by atoms with Crippen LogP contribution < -0.4 is 10.6 Å². The number of nitrogens with one attached hydrogen (secondary N) is 3. The molecule has 1 aliphatic rings. The maximum absolute atomic E-state index is 11.6. The molecule has 5 rings (SSSR count). The van der Waals surface area contributed by atoms with E-state index >= 15 is 0 Å². The molecule has 158 valence electrons. The van der Waals surface area contributed by atoms with Crippen molar-refractivity contribution < 1.29 is 19.4 Å². The van der Waals surface area contributed by atoms with Crippen molar-refractivity contribution in [3.63, 3.8) is 0 Å². The van der Waals surface area contributed by atoms with E-state index in [1.807, 2.05) is 12.1 Å². The van der Waals surface area contributed by atoms with Gasteiger partial charge < -0.3 is 15.2 Å². The number of aromatic carboxylic acids is 1. The number of carboxylic acids is 1. The van der Waals surface area contributed by atoms with Gasteiger partial charge in [0.1, 0.15) is 23.9 Å². The fraction of sp³-hybridized carbons (Fsp3) is 0.0909. The number of benzene rings is 2. The number of H-pyrrole nitrogens is 1. The van der Waals surface area contributed by atoms with E-state index in [1.54, 1.807) is 35.8 Å². The van der Waals surface area contributed by atoms with Crippen LogP contribution in [0.25, 0.3) is 16.9 Å². The van der Waals surface area contributed by atoms with Crippen LogP contribution >= 0.6 is 0 Å². The number of aromatic nitrogens is 3. The topological polar surface area (TPSA) is 145 Å². The van der Waals surface area contributed by atoms with E-state index in [2.05, 4.69) is 26.8 Å². The summed E-state index contributed by atoms with van der Waals surface area (Å²) in [6, 6.07) is 12.5. The van der Waals surface area contributed by atoms with Gasteiger partial charge in [0.05, 0.1) is 11.3 Å². The van der Waals surface area contributed by atoms with Gasteiger partial charge in [-0.2, -0.15) is 5.26 Å². The van der Waals surface area contributed by atoms with Gasteiger partial charge in [-0.15, -0.1) is 0 Å². The minimum absolute atomic E-state index is 0.185. The third-order valence-corrected chi connectivity index (χ3v) is 5.28. The molecule has 4 N–H and O–H groups in total. The highest BCUT2D eigenvalue weighted by atomic mass is 16.5. The van der Waals surface area contributed by atoms with Crippen LogP contribution in [0.2, 0.25) is 0 Å². The number of imidazole rings is 1. The van der Waals surface area contributed by atoms with Crippen LogP contribution in [0.15, 0.2) is 42.6 Å². The number of nitriles is 1. The van der Waals surface area contributed by atoms with Crippen molar-refractivity contribution in [2.24, 2.45) is 0 Å². The summed E-state index contributed by atoms with van der Waals surface area (Å²) >= 11 is 0. The second kappa shape index (κ2) is 7.17. The molecule has 0 saturated heterocycles. The number of aromatic amines is 1. The number of aryl methyl sites for hydroxylation is 1. The molecule has 0 saturated carbocycles. The molecule has 0 atom stereocenters. The minimum Gasteiger partial charge on any atom is -0.478 e. The molecule has 4 aromatic rings. The molecular weight excluding hydrogens is 412 g/mol. The first kappa shape index (κ1) is 19.2. The Hall–Kier alpha value is -4.78. The molecule has 32 heavy (non-hydrogen) atoms. The molecule has 2 aromatic carbocycles. The standard InChI is InChI=1S/C22H16N6O4/c1-11-6-15(4-5-16(11)21(29)30)25-20-18(27-19-14(8-23)9-24-28(19)20)12-2-3-13-10-32-22(31)26-17(13)7-12/h2-7,9,24-25H,10H2,1H3,(H,26,31)(H,29,30). The summed E-state index contributed by atoms with van der Waals surface area (Å²) in [6.07, 6.45) is 1.03. The second-order valence-electron chi connectivity index (χ2n) is 7.30. The predicted molar refractivity (Wildman–Crippen MR) is 115 cm³/mol. The van der Waals surface area contributed by atoms with E-state index in [-0.39, 0.29) is 12.2 Å². The van der Waals surface area contributed by atoms with Crippen LogP contribution in [0.5, 0.6) is 0 Å². The van der Waals surface area contributed by atoms with Crippen molar-refractivity contribution in [2.75, 3.05) is 10.6 Å². The average Bonchev–Trinajstić information content (AvgIpc) is 3.33. The number of cyclic esters (lactones) is 1. The first-order valence-corrected chi connectivity index (χ1v) is 9.62. The minimum atomic E-state index is -0.996. The third-order valence-electron chi connectivity index (χ3n) is 5.28. The summed E-state index contributed by atoms with van der Waals surface area (Å²) in [4.78, 5) is 27.6. The molecule has 2 aromatic heterocycles. The maximum atomic E-state index is 11.6. The van der Waals surface area contributed by atoms with Crippen molar-refractivity contribution in [3.05, 3.63) is 64.8 Å². The molecule has 0 unspecified atom stereocenters. The van der Waals surface area contributed by atoms with Gasteiger partial charge in [0.2, 0.25) is 0 Å². The zero-order valence-electron chi connectivity index (χ0n) is 16.8. The van der Waals surface area contributed by atoms with Crippen molar-refractivity contribution in [2.45, 2.75) is 13.5 Å². The first-order valence-electron chi connectivity index (χ1n) is 9.62. The molecule has 1 amide bonds. The zero-order chi connectivity index (χ0) is 22.4. The highest BCUT2D eigenvalue weighted by Crippen LogP contribution is 2.35. The summed E-state index contributed by atoms with van der Waals surface area (Å²) < 4.78 is 6.64. The largest absolute Gasteiger partial charge is 0.478 e. The number of rotatable bonds is 4. The fourth-order valence-electron chi connectivity index (χ4n) is 3.69. The van der Waals surface area contributed by atoms with Gasteiger partial charge in [-0.1, -0.05) is 12.1 Å². The van der Waals surface area contributed by atoms with E-state index in [0.29, 0.717) is 45.2 Å². The van der Waals surface area contributed by atoms with Crippen molar-refractivity contribution in [3.8, 4) is 17.3 Å². The smallest absolute Gasteiger partial charge is 0.411 e. The van der Waals surface area contributed by atoms with E-state index in [0.717, 1.165) is 5.56 Å². The Bertz CT molecular complexity index is 1460. The van der Waals surface area contributed by atoms with Gasteiger partial charge in [-0.05, 0) is 36.8 Å². The number of carboxylic acid groups (broad SMARTS) is 1. The summed E-state index contributed by atoms with van der Waals surface area (Å²) in [6.45, 7) is 1.91. The van der Waals surface area contributed by atoms with Gasteiger partial charge in [-0.25, -0.2) is 19.1 Å². The molecule has 0 aliphatic carbocycles. The lowest BCUT2D eigenvalue weighted by Crippen LogP contribution is -2.20. The fourth-order valence-corrected chi connectivity index (χ4v) is 3.69. The van der Waals surface area contributed by atoms with Gasteiger partial charge in [0.25, 0.3) is 0 Å². The van der Waals surface area contributed by atoms with Gasteiger partial charge in [-0.3, -0.25) is 10.4 Å². The Morgan fingerprint density at radius 2 is 2.16 bits per heavy atom. The molecule has 3 heterocycles. The monoisotopic (exact) mass is 428 g/mol. The number of carbonyl (C=O) groups is 2. The first-order chi connectivity index (χ1) is 15.4. The lowest BCUT2D eigenvalue weighted by molar-refractivity contribution is 0.0696. The molecule has 0 spiro atoms. The second-order valence-corrected chi connectivity index (χ2v) is 7.30. The Kier molecular flexibility index (Phi) is 4.30. The number of hydrogen-bond acceptors (Lipinski definition) is 6. The van der Waals surface area contributed by atoms with Crippen LogP contribution in [-0.4, -0.2) is 31.8 Å². The summed E-state index contributed by atoms with van der Waals surface area (Å²) in [5, 5.41) is 27.7. The molecule has 0 radical (unpaired) electrons. The summed E-state index contributed by atoms with van der Waals surface area (Å²) in [5.41, 5.74) is 5.02. The van der Waals surface area contributed by atoms with Crippen LogP contribution in [-0.2, 0) is 11.3 Å². The lowest BCUT2D eigenvalue weighted by Gasteiger charge is -2.18. The van der Waals surface area contributed by atoms with E-state index in [1.165, 1.54) is 6.07 Å². The summed E-state index contributed by atoms with van der Waals surface area (Å²) in [7, 11) is 0. The number of carbonyl (C=O) groups excluding carboxylic acids is 1.